The third kappa shape index (κ3) is 5.11. The minimum Gasteiger partial charge on any atom is -0.329 e. The molecule has 130 valence electrons. The van der Waals surface area contributed by atoms with E-state index in [-0.39, 0.29) is 5.91 Å². The number of carbonyl (C=O) groups excluding carboxylic acids is 1. The third-order valence-corrected chi connectivity index (χ3v) is 3.97. The smallest absolute Gasteiger partial charge is 0.247 e. The molecule has 0 saturated carbocycles. The van der Waals surface area contributed by atoms with Crippen LogP contribution in [0.4, 0.5) is 0 Å². The molecule has 3 aromatic rings. The van der Waals surface area contributed by atoms with Crippen molar-refractivity contribution in [1.82, 2.24) is 14.9 Å². The summed E-state index contributed by atoms with van der Waals surface area (Å²) in [7, 11) is 0. The molecule has 1 aromatic carbocycles. The van der Waals surface area contributed by atoms with Crippen LogP contribution >= 0.6 is 0 Å². The van der Waals surface area contributed by atoms with Crippen LogP contribution in [0.2, 0.25) is 0 Å². The standard InChI is InChI=1S/C22H21N3O/c1-18-5-4-6-20(15-18)16-25(17-21-7-2-3-12-24-21)22(26)9-8-19-10-13-23-14-11-19/h2-15H,16-17H2,1H3/b9-8+. The summed E-state index contributed by atoms with van der Waals surface area (Å²) in [5.74, 6) is -0.0472. The summed E-state index contributed by atoms with van der Waals surface area (Å²) in [5, 5.41) is 0. The summed E-state index contributed by atoms with van der Waals surface area (Å²) in [5.41, 5.74) is 4.10. The Kier molecular flexibility index (Phi) is 5.88. The van der Waals surface area contributed by atoms with E-state index in [9.17, 15) is 4.79 Å². The number of benzene rings is 1. The van der Waals surface area contributed by atoms with E-state index in [0.29, 0.717) is 13.1 Å². The first-order valence-corrected chi connectivity index (χ1v) is 8.53. The lowest BCUT2D eigenvalue weighted by Crippen LogP contribution is -2.28. The van der Waals surface area contributed by atoms with Crippen LogP contribution in [0.5, 0.6) is 0 Å². The fraction of sp³-hybridized carbons (Fsp3) is 0.136. The van der Waals surface area contributed by atoms with Crippen molar-refractivity contribution in [3.8, 4) is 0 Å². The van der Waals surface area contributed by atoms with Crippen molar-refractivity contribution in [2.24, 2.45) is 0 Å². The molecule has 0 aliphatic heterocycles. The fourth-order valence-corrected chi connectivity index (χ4v) is 2.68. The predicted octanol–water partition coefficient (Wildman–Crippen LogP) is 4.03. The number of pyridine rings is 2. The number of rotatable bonds is 6. The number of amides is 1. The van der Waals surface area contributed by atoms with Crippen LogP contribution in [0.3, 0.4) is 0 Å². The van der Waals surface area contributed by atoms with Gasteiger partial charge in [-0.1, -0.05) is 35.9 Å². The average Bonchev–Trinajstić information content (AvgIpc) is 2.67. The molecule has 4 heteroatoms. The molecule has 0 radical (unpaired) electrons. The monoisotopic (exact) mass is 343 g/mol. The van der Waals surface area contributed by atoms with Crippen molar-refractivity contribution in [2.45, 2.75) is 20.0 Å². The zero-order valence-electron chi connectivity index (χ0n) is 14.7. The zero-order valence-corrected chi connectivity index (χ0v) is 14.7. The lowest BCUT2D eigenvalue weighted by atomic mass is 10.1. The van der Waals surface area contributed by atoms with E-state index < -0.39 is 0 Å². The lowest BCUT2D eigenvalue weighted by Gasteiger charge is -2.21. The quantitative estimate of drug-likeness (QED) is 0.635. The maximum atomic E-state index is 12.8. The van der Waals surface area contributed by atoms with Crippen molar-refractivity contribution in [3.63, 3.8) is 0 Å². The maximum absolute atomic E-state index is 12.8. The second-order valence-electron chi connectivity index (χ2n) is 6.12. The van der Waals surface area contributed by atoms with Gasteiger partial charge in [-0.05, 0) is 48.4 Å². The van der Waals surface area contributed by atoms with E-state index in [4.69, 9.17) is 0 Å². The van der Waals surface area contributed by atoms with Gasteiger partial charge in [0.25, 0.3) is 0 Å². The van der Waals surface area contributed by atoms with E-state index in [2.05, 4.69) is 29.0 Å². The number of aryl methyl sites for hydroxylation is 1. The Morgan fingerprint density at radius 2 is 1.85 bits per heavy atom. The Balaban J connectivity index is 1.79. The van der Waals surface area contributed by atoms with Gasteiger partial charge in [0.15, 0.2) is 0 Å². The van der Waals surface area contributed by atoms with Gasteiger partial charge in [-0.25, -0.2) is 0 Å². The summed E-state index contributed by atoms with van der Waals surface area (Å²) >= 11 is 0. The molecule has 0 saturated heterocycles. The second-order valence-corrected chi connectivity index (χ2v) is 6.12. The van der Waals surface area contributed by atoms with Crippen LogP contribution in [0.25, 0.3) is 6.08 Å². The van der Waals surface area contributed by atoms with Crippen molar-refractivity contribution in [2.75, 3.05) is 0 Å². The molecule has 2 heterocycles. The number of carbonyl (C=O) groups is 1. The van der Waals surface area contributed by atoms with Crippen LogP contribution in [0.1, 0.15) is 22.4 Å². The topological polar surface area (TPSA) is 46.1 Å². The predicted molar refractivity (Wildman–Crippen MR) is 103 cm³/mol. The summed E-state index contributed by atoms with van der Waals surface area (Å²) in [6, 6.07) is 17.7. The first kappa shape index (κ1) is 17.5. The zero-order chi connectivity index (χ0) is 18.2. The maximum Gasteiger partial charge on any atom is 0.247 e. The summed E-state index contributed by atoms with van der Waals surface area (Å²) < 4.78 is 0. The SMILES string of the molecule is Cc1cccc(CN(Cc2ccccn2)C(=O)/C=C/c2ccncc2)c1. The molecule has 2 aromatic heterocycles. The number of nitrogens with zero attached hydrogens (tertiary/aromatic N) is 3. The molecule has 0 bridgehead atoms. The summed E-state index contributed by atoms with van der Waals surface area (Å²) in [4.78, 5) is 22.9. The van der Waals surface area contributed by atoms with Gasteiger partial charge >= 0.3 is 0 Å². The second kappa shape index (κ2) is 8.72. The van der Waals surface area contributed by atoms with Crippen LogP contribution in [0.15, 0.2) is 79.3 Å². The Hall–Kier alpha value is -3.27. The van der Waals surface area contributed by atoms with Gasteiger partial charge in [0.05, 0.1) is 12.2 Å². The van der Waals surface area contributed by atoms with Crippen LogP contribution < -0.4 is 0 Å². The Morgan fingerprint density at radius 3 is 2.58 bits per heavy atom. The van der Waals surface area contributed by atoms with Crippen molar-refractivity contribution >= 4 is 12.0 Å². The lowest BCUT2D eigenvalue weighted by molar-refractivity contribution is -0.127. The van der Waals surface area contributed by atoms with Gasteiger partial charge in [0.2, 0.25) is 5.91 Å². The molecule has 0 aliphatic rings. The molecule has 26 heavy (non-hydrogen) atoms. The molecular weight excluding hydrogens is 322 g/mol. The van der Waals surface area contributed by atoms with E-state index >= 15 is 0 Å². The molecule has 0 fully saturated rings. The van der Waals surface area contributed by atoms with Crippen LogP contribution in [-0.2, 0) is 17.9 Å². The molecule has 4 nitrogen and oxygen atoms in total. The summed E-state index contributed by atoms with van der Waals surface area (Å²) in [6.07, 6.45) is 8.59. The van der Waals surface area contributed by atoms with E-state index in [1.165, 1.54) is 5.56 Å². The van der Waals surface area contributed by atoms with Gasteiger partial charge in [-0.2, -0.15) is 0 Å². The molecule has 0 spiro atoms. The normalized spacial score (nSPS) is 10.8. The van der Waals surface area contributed by atoms with Gasteiger partial charge in [-0.15, -0.1) is 0 Å². The van der Waals surface area contributed by atoms with E-state index in [1.54, 1.807) is 29.6 Å². The Bertz CT molecular complexity index is 876. The first-order chi connectivity index (χ1) is 12.7. The fourth-order valence-electron chi connectivity index (χ4n) is 2.68. The first-order valence-electron chi connectivity index (χ1n) is 8.53. The van der Waals surface area contributed by atoms with Gasteiger partial charge < -0.3 is 4.90 Å². The largest absolute Gasteiger partial charge is 0.329 e. The highest BCUT2D eigenvalue weighted by Gasteiger charge is 2.13. The number of aromatic nitrogens is 2. The Labute approximate surface area is 153 Å². The third-order valence-electron chi connectivity index (χ3n) is 3.97. The van der Waals surface area contributed by atoms with Crippen molar-refractivity contribution in [3.05, 3.63) is 102 Å². The van der Waals surface area contributed by atoms with Crippen LogP contribution in [0, 0.1) is 6.92 Å². The highest BCUT2D eigenvalue weighted by atomic mass is 16.2. The van der Waals surface area contributed by atoms with Crippen molar-refractivity contribution < 1.29 is 4.79 Å². The molecule has 3 rings (SSSR count). The summed E-state index contributed by atoms with van der Waals surface area (Å²) in [6.45, 7) is 3.06. The van der Waals surface area contributed by atoms with E-state index in [1.807, 2.05) is 48.5 Å². The van der Waals surface area contributed by atoms with E-state index in [0.717, 1.165) is 16.8 Å². The minimum absolute atomic E-state index is 0.0472. The molecular formula is C22H21N3O. The van der Waals surface area contributed by atoms with Gasteiger partial charge in [-0.3, -0.25) is 14.8 Å². The minimum atomic E-state index is -0.0472. The van der Waals surface area contributed by atoms with Crippen molar-refractivity contribution in [1.29, 1.82) is 0 Å². The highest BCUT2D eigenvalue weighted by molar-refractivity contribution is 5.91. The number of hydrogen-bond acceptors (Lipinski definition) is 3. The average molecular weight is 343 g/mol. The van der Waals surface area contributed by atoms with Gasteiger partial charge in [0.1, 0.15) is 0 Å². The number of hydrogen-bond donors (Lipinski definition) is 0. The molecule has 0 unspecified atom stereocenters. The highest BCUT2D eigenvalue weighted by Crippen LogP contribution is 2.12. The van der Waals surface area contributed by atoms with Gasteiger partial charge in [0, 0.05) is 31.2 Å². The molecule has 1 amide bonds. The Morgan fingerprint density at radius 1 is 1.00 bits per heavy atom. The van der Waals surface area contributed by atoms with Crippen LogP contribution in [-0.4, -0.2) is 20.8 Å². The molecule has 0 aliphatic carbocycles. The molecule has 0 atom stereocenters. The molecule has 0 N–H and O–H groups in total.